The Morgan fingerprint density at radius 2 is 1.83 bits per heavy atom. The van der Waals surface area contributed by atoms with E-state index in [1.807, 2.05) is 30.3 Å². The van der Waals surface area contributed by atoms with Gasteiger partial charge in [-0.05, 0) is 23.8 Å². The third kappa shape index (κ3) is 3.00. The predicted octanol–water partition coefficient (Wildman–Crippen LogP) is 5.96. The molecule has 2 heterocycles. The minimum Gasteiger partial charge on any atom is -0.297 e. The van der Waals surface area contributed by atoms with E-state index in [1.54, 1.807) is 17.4 Å². The molecule has 2 aromatic carbocycles. The summed E-state index contributed by atoms with van der Waals surface area (Å²) in [6, 6.07) is 15.8. The van der Waals surface area contributed by atoms with Crippen LogP contribution in [0.15, 0.2) is 60.9 Å². The van der Waals surface area contributed by atoms with Crippen LogP contribution in [0.3, 0.4) is 0 Å². The molecule has 0 spiro atoms. The summed E-state index contributed by atoms with van der Waals surface area (Å²) < 4.78 is 2.07. The van der Waals surface area contributed by atoms with Gasteiger partial charge in [-0.25, -0.2) is 4.98 Å². The lowest BCUT2D eigenvalue weighted by molar-refractivity contribution is 1.16. The fourth-order valence-corrected chi connectivity index (χ4v) is 3.90. The van der Waals surface area contributed by atoms with Gasteiger partial charge in [-0.15, -0.1) is 11.3 Å². The lowest BCUT2D eigenvalue weighted by Crippen LogP contribution is -1.87. The smallest absolute Gasteiger partial charge is 0.194 e. The van der Waals surface area contributed by atoms with Crippen LogP contribution in [0.4, 0.5) is 0 Å². The van der Waals surface area contributed by atoms with E-state index in [2.05, 4.69) is 28.9 Å². The van der Waals surface area contributed by atoms with Crippen LogP contribution in [0, 0.1) is 0 Å². The van der Waals surface area contributed by atoms with Crippen molar-refractivity contribution in [1.82, 2.24) is 9.38 Å². The van der Waals surface area contributed by atoms with Gasteiger partial charge in [-0.2, -0.15) is 0 Å². The molecule has 0 saturated carbocycles. The zero-order valence-electron chi connectivity index (χ0n) is 12.0. The van der Waals surface area contributed by atoms with Gasteiger partial charge in [-0.3, -0.25) is 4.40 Å². The summed E-state index contributed by atoms with van der Waals surface area (Å²) in [5.74, 6) is 0. The van der Waals surface area contributed by atoms with Crippen molar-refractivity contribution >= 4 is 39.5 Å². The molecule has 0 aliphatic carbocycles. The number of thiazole rings is 1. The number of benzene rings is 2. The highest BCUT2D eigenvalue weighted by atomic mass is 35.5. The first-order valence-corrected chi connectivity index (χ1v) is 8.73. The van der Waals surface area contributed by atoms with E-state index in [0.717, 1.165) is 33.2 Å². The topological polar surface area (TPSA) is 17.3 Å². The van der Waals surface area contributed by atoms with Crippen LogP contribution in [0.2, 0.25) is 10.0 Å². The Bertz CT molecular complexity index is 942. The molecule has 2 nitrogen and oxygen atoms in total. The lowest BCUT2D eigenvalue weighted by Gasteiger charge is -2.02. The summed E-state index contributed by atoms with van der Waals surface area (Å²) in [6.07, 6.45) is 4.93. The minimum absolute atomic E-state index is 0.706. The zero-order valence-corrected chi connectivity index (χ0v) is 14.4. The molecule has 0 fully saturated rings. The first-order valence-electron chi connectivity index (χ1n) is 7.16. The molecule has 4 aromatic rings. The number of aromatic nitrogens is 2. The van der Waals surface area contributed by atoms with Crippen molar-refractivity contribution in [2.24, 2.45) is 0 Å². The second kappa shape index (κ2) is 6.00. The summed E-state index contributed by atoms with van der Waals surface area (Å²) in [7, 11) is 0. The second-order valence-electron chi connectivity index (χ2n) is 5.29. The maximum atomic E-state index is 6.25. The monoisotopic (exact) mass is 358 g/mol. The van der Waals surface area contributed by atoms with Crippen LogP contribution < -0.4 is 0 Å². The number of fused-ring (bicyclic) bond motifs is 1. The maximum absolute atomic E-state index is 6.25. The maximum Gasteiger partial charge on any atom is 0.194 e. The van der Waals surface area contributed by atoms with E-state index in [9.17, 15) is 0 Å². The highest BCUT2D eigenvalue weighted by molar-refractivity contribution is 7.17. The molecule has 0 N–H and O–H groups in total. The fraction of sp³-hybridized carbons (Fsp3) is 0.0556. The number of hydrogen-bond donors (Lipinski definition) is 0. The summed E-state index contributed by atoms with van der Waals surface area (Å²) in [4.78, 5) is 6.90. The zero-order chi connectivity index (χ0) is 15.8. The number of imidazole rings is 1. The third-order valence-corrected chi connectivity index (χ3v) is 5.25. The summed E-state index contributed by atoms with van der Waals surface area (Å²) in [6.45, 7) is 0. The van der Waals surface area contributed by atoms with E-state index < -0.39 is 0 Å². The SMILES string of the molecule is Clc1ccc(Cl)c(Cc2cn3cc(-c4ccccc4)nc3s2)c1. The summed E-state index contributed by atoms with van der Waals surface area (Å²) in [5, 5.41) is 1.45. The largest absolute Gasteiger partial charge is 0.297 e. The van der Waals surface area contributed by atoms with Gasteiger partial charge >= 0.3 is 0 Å². The summed E-state index contributed by atoms with van der Waals surface area (Å²) >= 11 is 14.0. The molecule has 0 radical (unpaired) electrons. The highest BCUT2D eigenvalue weighted by Crippen LogP contribution is 2.28. The van der Waals surface area contributed by atoms with E-state index in [4.69, 9.17) is 28.2 Å². The van der Waals surface area contributed by atoms with Crippen molar-refractivity contribution in [2.45, 2.75) is 6.42 Å². The van der Waals surface area contributed by atoms with Crippen LogP contribution in [0.1, 0.15) is 10.4 Å². The van der Waals surface area contributed by atoms with Crippen molar-refractivity contribution in [1.29, 1.82) is 0 Å². The first kappa shape index (κ1) is 14.8. The average Bonchev–Trinajstić information content (AvgIpc) is 3.10. The molecule has 0 amide bonds. The van der Waals surface area contributed by atoms with Gasteiger partial charge in [0.05, 0.1) is 5.69 Å². The first-order chi connectivity index (χ1) is 11.2. The molecular formula is C18H12Cl2N2S. The van der Waals surface area contributed by atoms with Crippen molar-refractivity contribution in [3.63, 3.8) is 0 Å². The van der Waals surface area contributed by atoms with Crippen LogP contribution in [0.5, 0.6) is 0 Å². The van der Waals surface area contributed by atoms with Crippen molar-refractivity contribution < 1.29 is 0 Å². The van der Waals surface area contributed by atoms with Crippen LogP contribution in [-0.4, -0.2) is 9.38 Å². The lowest BCUT2D eigenvalue weighted by atomic mass is 10.1. The molecular weight excluding hydrogens is 347 g/mol. The normalized spacial score (nSPS) is 11.2. The molecule has 4 rings (SSSR count). The number of nitrogens with zero attached hydrogens (tertiary/aromatic N) is 2. The third-order valence-electron chi connectivity index (χ3n) is 3.65. The Morgan fingerprint density at radius 3 is 2.61 bits per heavy atom. The van der Waals surface area contributed by atoms with Gasteiger partial charge in [0, 0.05) is 39.3 Å². The number of hydrogen-bond acceptors (Lipinski definition) is 2. The van der Waals surface area contributed by atoms with Gasteiger partial charge in [0.2, 0.25) is 0 Å². The minimum atomic E-state index is 0.706. The van der Waals surface area contributed by atoms with Crippen molar-refractivity contribution in [3.8, 4) is 11.3 Å². The Balaban J connectivity index is 1.65. The molecule has 0 atom stereocenters. The Hall–Kier alpha value is -1.81. The molecule has 0 unspecified atom stereocenters. The molecule has 0 aliphatic rings. The number of rotatable bonds is 3. The second-order valence-corrected chi connectivity index (χ2v) is 7.23. The molecule has 0 saturated heterocycles. The standard InChI is InChI=1S/C18H12Cl2N2S/c19-14-6-7-16(20)13(8-14)9-15-10-22-11-17(21-18(22)23-15)12-4-2-1-3-5-12/h1-8,10-11H,9H2. The van der Waals surface area contributed by atoms with Crippen molar-refractivity contribution in [2.75, 3.05) is 0 Å². The highest BCUT2D eigenvalue weighted by Gasteiger charge is 2.10. The molecule has 23 heavy (non-hydrogen) atoms. The molecule has 5 heteroatoms. The summed E-state index contributed by atoms with van der Waals surface area (Å²) in [5.41, 5.74) is 3.15. The fourth-order valence-electron chi connectivity index (χ4n) is 2.54. The van der Waals surface area contributed by atoms with E-state index in [-0.39, 0.29) is 0 Å². The van der Waals surface area contributed by atoms with Gasteiger partial charge in [-0.1, -0.05) is 53.5 Å². The van der Waals surface area contributed by atoms with Crippen LogP contribution in [-0.2, 0) is 6.42 Å². The molecule has 0 aliphatic heterocycles. The van der Waals surface area contributed by atoms with Gasteiger partial charge < -0.3 is 0 Å². The van der Waals surface area contributed by atoms with E-state index in [1.165, 1.54) is 4.88 Å². The molecule has 2 aromatic heterocycles. The van der Waals surface area contributed by atoms with Gasteiger partial charge in [0.25, 0.3) is 0 Å². The van der Waals surface area contributed by atoms with Gasteiger partial charge in [0.15, 0.2) is 4.96 Å². The van der Waals surface area contributed by atoms with Gasteiger partial charge in [0.1, 0.15) is 0 Å². The predicted molar refractivity (Wildman–Crippen MR) is 97.8 cm³/mol. The molecule has 0 bridgehead atoms. The van der Waals surface area contributed by atoms with Crippen molar-refractivity contribution in [3.05, 3.63) is 81.4 Å². The average molecular weight is 359 g/mol. The quantitative estimate of drug-likeness (QED) is 0.441. The number of halogens is 2. The van der Waals surface area contributed by atoms with E-state index >= 15 is 0 Å². The molecule has 114 valence electrons. The van der Waals surface area contributed by atoms with E-state index in [0.29, 0.717) is 5.02 Å². The Kier molecular flexibility index (Phi) is 3.85. The Labute approximate surface area is 147 Å². The van der Waals surface area contributed by atoms with Crippen LogP contribution in [0.25, 0.3) is 16.2 Å². The Morgan fingerprint density at radius 1 is 1.00 bits per heavy atom. The van der Waals surface area contributed by atoms with Crippen LogP contribution >= 0.6 is 34.5 Å².